The Kier molecular flexibility index (Phi) is 11.4. The Bertz CT molecular complexity index is 700. The maximum atomic E-state index is 11.6. The van der Waals surface area contributed by atoms with Crippen LogP contribution in [0.2, 0.25) is 0 Å². The van der Waals surface area contributed by atoms with E-state index in [9.17, 15) is 19.2 Å². The molecule has 0 aromatic rings. The highest BCUT2D eigenvalue weighted by atomic mass is 16.2. The molecule has 2 aliphatic rings. The lowest BCUT2D eigenvalue weighted by Crippen LogP contribution is -2.22. The average molecular weight is 445 g/mol. The average Bonchev–Trinajstić information content (AvgIpc) is 3.15. The fourth-order valence-corrected chi connectivity index (χ4v) is 4.49. The number of amides is 4. The second-order valence-corrected chi connectivity index (χ2v) is 9.22. The Morgan fingerprint density at radius 2 is 0.656 bits per heavy atom. The summed E-state index contributed by atoms with van der Waals surface area (Å²) in [6, 6.07) is 0. The predicted molar refractivity (Wildman–Crippen MR) is 126 cm³/mol. The van der Waals surface area contributed by atoms with Gasteiger partial charge in [-0.1, -0.05) is 77.0 Å². The van der Waals surface area contributed by atoms with Gasteiger partial charge in [-0.2, -0.15) is 0 Å². The van der Waals surface area contributed by atoms with Crippen LogP contribution in [0.25, 0.3) is 0 Å². The number of hydrogen-bond donors (Lipinski definition) is 2. The summed E-state index contributed by atoms with van der Waals surface area (Å²) in [6.07, 6.45) is 18.3. The SMILES string of the molecule is CC1=C(CCCCCCCCCCCCCCCCC2=C(C)C(=O)NC2=O)C(=O)NC1=O. The van der Waals surface area contributed by atoms with Crippen molar-refractivity contribution in [3.8, 4) is 0 Å². The van der Waals surface area contributed by atoms with Crippen molar-refractivity contribution in [1.82, 2.24) is 10.6 Å². The zero-order valence-electron chi connectivity index (χ0n) is 19.9. The molecular formula is C26H40N2O4. The molecular weight excluding hydrogens is 404 g/mol. The van der Waals surface area contributed by atoms with Gasteiger partial charge in [0.05, 0.1) is 0 Å². The maximum absolute atomic E-state index is 11.6. The van der Waals surface area contributed by atoms with Gasteiger partial charge in [-0.3, -0.25) is 29.8 Å². The fraction of sp³-hybridized carbons (Fsp3) is 0.692. The van der Waals surface area contributed by atoms with Gasteiger partial charge in [-0.05, 0) is 39.5 Å². The highest BCUT2D eigenvalue weighted by molar-refractivity contribution is 6.19. The molecule has 0 fully saturated rings. The topological polar surface area (TPSA) is 92.3 Å². The largest absolute Gasteiger partial charge is 0.289 e. The van der Waals surface area contributed by atoms with Gasteiger partial charge in [-0.15, -0.1) is 0 Å². The molecule has 0 aliphatic carbocycles. The number of rotatable bonds is 17. The summed E-state index contributed by atoms with van der Waals surface area (Å²) < 4.78 is 0. The summed E-state index contributed by atoms with van der Waals surface area (Å²) >= 11 is 0. The molecule has 0 atom stereocenters. The molecule has 0 aromatic carbocycles. The first kappa shape index (κ1) is 26.0. The molecule has 178 valence electrons. The molecule has 2 rings (SSSR count). The van der Waals surface area contributed by atoms with Crippen molar-refractivity contribution in [3.05, 3.63) is 22.3 Å². The Hall–Kier alpha value is -2.24. The van der Waals surface area contributed by atoms with Gasteiger partial charge in [0.15, 0.2) is 0 Å². The van der Waals surface area contributed by atoms with E-state index in [4.69, 9.17) is 0 Å². The van der Waals surface area contributed by atoms with E-state index in [0.29, 0.717) is 22.3 Å². The zero-order valence-corrected chi connectivity index (χ0v) is 19.9. The van der Waals surface area contributed by atoms with Crippen LogP contribution in [0.5, 0.6) is 0 Å². The first-order chi connectivity index (χ1) is 15.4. The molecule has 32 heavy (non-hydrogen) atoms. The Morgan fingerprint density at radius 3 is 0.875 bits per heavy atom. The number of hydrogen-bond acceptors (Lipinski definition) is 4. The lowest BCUT2D eigenvalue weighted by Gasteiger charge is -2.04. The van der Waals surface area contributed by atoms with Gasteiger partial charge in [0.25, 0.3) is 23.6 Å². The third-order valence-electron chi connectivity index (χ3n) is 6.69. The van der Waals surface area contributed by atoms with Crippen LogP contribution in [0.4, 0.5) is 0 Å². The van der Waals surface area contributed by atoms with Crippen molar-refractivity contribution < 1.29 is 19.2 Å². The lowest BCUT2D eigenvalue weighted by molar-refractivity contribution is -0.125. The van der Waals surface area contributed by atoms with Crippen molar-refractivity contribution >= 4 is 23.6 Å². The van der Waals surface area contributed by atoms with Gasteiger partial charge in [0, 0.05) is 22.3 Å². The molecule has 0 radical (unpaired) electrons. The Morgan fingerprint density at radius 1 is 0.406 bits per heavy atom. The maximum Gasteiger partial charge on any atom is 0.254 e. The van der Waals surface area contributed by atoms with E-state index in [1.165, 1.54) is 64.2 Å². The number of nitrogens with one attached hydrogen (secondary N) is 2. The molecule has 0 aromatic heterocycles. The molecule has 0 spiro atoms. The minimum Gasteiger partial charge on any atom is -0.289 e. The van der Waals surface area contributed by atoms with Gasteiger partial charge in [-0.25, -0.2) is 0 Å². The van der Waals surface area contributed by atoms with Crippen molar-refractivity contribution in [2.24, 2.45) is 0 Å². The third kappa shape index (κ3) is 8.36. The molecule has 0 saturated heterocycles. The first-order valence-electron chi connectivity index (χ1n) is 12.5. The summed E-state index contributed by atoms with van der Waals surface area (Å²) in [4.78, 5) is 46.1. The molecule has 6 nitrogen and oxygen atoms in total. The summed E-state index contributed by atoms with van der Waals surface area (Å²) in [5, 5.41) is 4.71. The van der Waals surface area contributed by atoms with Gasteiger partial charge in [0.1, 0.15) is 0 Å². The van der Waals surface area contributed by atoms with Crippen LogP contribution in [0.15, 0.2) is 22.3 Å². The van der Waals surface area contributed by atoms with Crippen LogP contribution >= 0.6 is 0 Å². The molecule has 0 saturated carbocycles. The minimum absolute atomic E-state index is 0.198. The van der Waals surface area contributed by atoms with Crippen LogP contribution < -0.4 is 10.6 Å². The van der Waals surface area contributed by atoms with E-state index in [0.717, 1.165) is 38.5 Å². The molecule has 2 N–H and O–H groups in total. The lowest BCUT2D eigenvalue weighted by atomic mass is 10.0. The second kappa shape index (κ2) is 14.0. The van der Waals surface area contributed by atoms with E-state index in [1.807, 2.05) is 0 Å². The molecule has 4 amide bonds. The summed E-state index contributed by atoms with van der Waals surface area (Å²) in [6.45, 7) is 3.47. The standard InChI is InChI=1S/C26H40N2O4/c1-19-21(25(31)27-23(19)29)17-15-13-11-9-7-5-3-4-6-8-10-12-14-16-18-22-20(2)24(30)28-26(22)32/h3-18H2,1-2H3,(H,27,29,31)(H,28,30,32). The van der Waals surface area contributed by atoms with E-state index in [2.05, 4.69) is 10.6 Å². The third-order valence-corrected chi connectivity index (χ3v) is 6.69. The number of imide groups is 2. The molecule has 2 heterocycles. The van der Waals surface area contributed by atoms with Crippen LogP contribution in [0.3, 0.4) is 0 Å². The summed E-state index contributed by atoms with van der Waals surface area (Å²) in [7, 11) is 0. The van der Waals surface area contributed by atoms with E-state index >= 15 is 0 Å². The minimum atomic E-state index is -0.230. The number of carbonyl (C=O) groups excluding carboxylic acids is 4. The van der Waals surface area contributed by atoms with Crippen molar-refractivity contribution in [1.29, 1.82) is 0 Å². The Balaban J connectivity index is 1.32. The van der Waals surface area contributed by atoms with Crippen molar-refractivity contribution in [3.63, 3.8) is 0 Å². The van der Waals surface area contributed by atoms with Crippen molar-refractivity contribution in [2.45, 2.75) is 117 Å². The molecule has 0 unspecified atom stereocenters. The Labute approximate surface area is 192 Å². The number of unbranched alkanes of at least 4 members (excludes halogenated alkanes) is 13. The van der Waals surface area contributed by atoms with E-state index in [-0.39, 0.29) is 23.6 Å². The highest BCUT2D eigenvalue weighted by Gasteiger charge is 2.26. The van der Waals surface area contributed by atoms with Gasteiger partial charge in [0.2, 0.25) is 0 Å². The molecule has 0 bridgehead atoms. The van der Waals surface area contributed by atoms with Crippen molar-refractivity contribution in [2.75, 3.05) is 0 Å². The normalized spacial score (nSPS) is 16.4. The van der Waals surface area contributed by atoms with Crippen LogP contribution in [-0.2, 0) is 19.2 Å². The zero-order chi connectivity index (χ0) is 23.3. The summed E-state index contributed by atoms with van der Waals surface area (Å²) in [5.74, 6) is -0.856. The summed E-state index contributed by atoms with van der Waals surface area (Å²) in [5.41, 5.74) is 2.55. The van der Waals surface area contributed by atoms with Crippen LogP contribution in [-0.4, -0.2) is 23.6 Å². The monoisotopic (exact) mass is 444 g/mol. The quantitative estimate of drug-likeness (QED) is 0.239. The molecule has 6 heteroatoms. The van der Waals surface area contributed by atoms with Crippen LogP contribution in [0.1, 0.15) is 117 Å². The smallest absolute Gasteiger partial charge is 0.254 e. The molecule has 2 aliphatic heterocycles. The first-order valence-corrected chi connectivity index (χ1v) is 12.5. The van der Waals surface area contributed by atoms with Gasteiger partial charge >= 0.3 is 0 Å². The van der Waals surface area contributed by atoms with Crippen LogP contribution in [0, 0.1) is 0 Å². The van der Waals surface area contributed by atoms with E-state index in [1.54, 1.807) is 13.8 Å². The van der Waals surface area contributed by atoms with E-state index < -0.39 is 0 Å². The highest BCUT2D eigenvalue weighted by Crippen LogP contribution is 2.21. The van der Waals surface area contributed by atoms with Gasteiger partial charge < -0.3 is 0 Å². The predicted octanol–water partition coefficient (Wildman–Crippen LogP) is 5.17. The second-order valence-electron chi connectivity index (χ2n) is 9.22. The fourth-order valence-electron chi connectivity index (χ4n) is 4.49. The number of carbonyl (C=O) groups is 4.